The van der Waals surface area contributed by atoms with Crippen molar-refractivity contribution in [2.75, 3.05) is 26.2 Å². The maximum absolute atomic E-state index is 11.6. The van der Waals surface area contributed by atoms with Crippen LogP contribution < -0.4 is 11.0 Å². The maximum atomic E-state index is 11.6. The van der Waals surface area contributed by atoms with E-state index in [0.717, 1.165) is 38.4 Å². The molecule has 19 heavy (non-hydrogen) atoms. The number of benzene rings is 1. The fourth-order valence-electron chi connectivity index (χ4n) is 2.46. The van der Waals surface area contributed by atoms with Gasteiger partial charge < -0.3 is 10.3 Å². The van der Waals surface area contributed by atoms with Crippen LogP contribution in [0.1, 0.15) is 5.56 Å². The first-order valence-electron chi connectivity index (χ1n) is 6.61. The summed E-state index contributed by atoms with van der Waals surface area (Å²) in [5, 5.41) is 3.35. The zero-order valence-corrected chi connectivity index (χ0v) is 10.8. The molecule has 1 aromatic heterocycles. The first kappa shape index (κ1) is 12.2. The lowest BCUT2D eigenvalue weighted by Gasteiger charge is -2.27. The summed E-state index contributed by atoms with van der Waals surface area (Å²) in [5.41, 5.74) is 2.06. The molecule has 0 saturated carbocycles. The van der Waals surface area contributed by atoms with Crippen molar-refractivity contribution in [1.29, 1.82) is 0 Å². The van der Waals surface area contributed by atoms with Crippen LogP contribution in [0.15, 0.2) is 41.5 Å². The molecule has 1 aliphatic heterocycles. The summed E-state index contributed by atoms with van der Waals surface area (Å²) in [6.07, 6.45) is 3.41. The minimum absolute atomic E-state index is 0.0978. The lowest BCUT2D eigenvalue weighted by molar-refractivity contribution is 0.233. The third-order valence-corrected chi connectivity index (χ3v) is 3.45. The van der Waals surface area contributed by atoms with Gasteiger partial charge in [-0.2, -0.15) is 0 Å². The van der Waals surface area contributed by atoms with Crippen molar-refractivity contribution in [1.82, 2.24) is 19.8 Å². The van der Waals surface area contributed by atoms with Gasteiger partial charge in [0.25, 0.3) is 0 Å². The molecule has 1 fully saturated rings. The highest BCUT2D eigenvalue weighted by atomic mass is 16.1. The van der Waals surface area contributed by atoms with E-state index in [-0.39, 0.29) is 5.69 Å². The molecule has 5 nitrogen and oxygen atoms in total. The molecule has 0 atom stereocenters. The second-order valence-electron chi connectivity index (χ2n) is 4.83. The number of piperazine rings is 1. The number of hydrogen-bond donors (Lipinski definition) is 2. The van der Waals surface area contributed by atoms with Gasteiger partial charge in [-0.1, -0.05) is 12.1 Å². The molecule has 0 unspecified atom stereocenters. The van der Waals surface area contributed by atoms with Crippen LogP contribution in [-0.4, -0.2) is 40.6 Å². The van der Waals surface area contributed by atoms with Gasteiger partial charge in [0.15, 0.2) is 0 Å². The average molecular weight is 258 g/mol. The summed E-state index contributed by atoms with van der Waals surface area (Å²) in [6.45, 7) is 5.20. The van der Waals surface area contributed by atoms with Gasteiger partial charge in [-0.05, 0) is 17.7 Å². The fourth-order valence-corrected chi connectivity index (χ4v) is 2.46. The Balaban J connectivity index is 1.80. The third kappa shape index (κ3) is 2.77. The fraction of sp³-hybridized carbons (Fsp3) is 0.357. The second kappa shape index (κ2) is 5.42. The largest absolute Gasteiger partial charge is 0.330 e. The molecule has 2 heterocycles. The van der Waals surface area contributed by atoms with Crippen LogP contribution in [0.25, 0.3) is 5.69 Å². The van der Waals surface area contributed by atoms with Gasteiger partial charge in [0.2, 0.25) is 0 Å². The summed E-state index contributed by atoms with van der Waals surface area (Å²) >= 11 is 0. The Morgan fingerprint density at radius 1 is 1.21 bits per heavy atom. The van der Waals surface area contributed by atoms with Gasteiger partial charge in [-0.3, -0.25) is 9.47 Å². The molecule has 0 amide bonds. The number of imidazole rings is 1. The number of nitrogens with zero attached hydrogens (tertiary/aromatic N) is 2. The average Bonchev–Trinajstić information content (AvgIpc) is 2.86. The number of aromatic nitrogens is 2. The molecule has 0 radical (unpaired) electrons. The Morgan fingerprint density at radius 2 is 2.05 bits per heavy atom. The zero-order valence-electron chi connectivity index (χ0n) is 10.8. The van der Waals surface area contributed by atoms with Crippen LogP contribution in [0.4, 0.5) is 0 Å². The summed E-state index contributed by atoms with van der Waals surface area (Å²) in [4.78, 5) is 16.7. The van der Waals surface area contributed by atoms with Crippen molar-refractivity contribution < 1.29 is 0 Å². The molecule has 100 valence electrons. The van der Waals surface area contributed by atoms with Gasteiger partial charge in [-0.15, -0.1) is 0 Å². The molecule has 3 rings (SSSR count). The van der Waals surface area contributed by atoms with Crippen molar-refractivity contribution in [3.63, 3.8) is 0 Å². The predicted octanol–water partition coefficient (Wildman–Crippen LogP) is 0.571. The number of hydrogen-bond acceptors (Lipinski definition) is 3. The summed E-state index contributed by atoms with van der Waals surface area (Å²) in [7, 11) is 0. The van der Waals surface area contributed by atoms with Crippen molar-refractivity contribution in [3.05, 3.63) is 52.7 Å². The number of nitrogens with one attached hydrogen (secondary N) is 2. The molecular formula is C14H18N4O. The standard InChI is InChI=1S/C14H18N4O/c19-14-16-6-9-18(14)13-3-1-2-12(10-13)11-17-7-4-15-5-8-17/h1-3,6,9-10,15H,4-5,7-8,11H2,(H,16,19). The Hall–Kier alpha value is -1.85. The van der Waals surface area contributed by atoms with E-state index in [4.69, 9.17) is 0 Å². The highest BCUT2D eigenvalue weighted by molar-refractivity contribution is 5.35. The summed E-state index contributed by atoms with van der Waals surface area (Å²) in [6, 6.07) is 8.16. The molecule has 1 aromatic carbocycles. The topological polar surface area (TPSA) is 53.1 Å². The molecule has 0 aliphatic carbocycles. The van der Waals surface area contributed by atoms with Crippen LogP contribution in [0.3, 0.4) is 0 Å². The normalized spacial score (nSPS) is 16.6. The van der Waals surface area contributed by atoms with E-state index in [1.54, 1.807) is 17.0 Å². The van der Waals surface area contributed by atoms with E-state index >= 15 is 0 Å². The molecule has 2 N–H and O–H groups in total. The van der Waals surface area contributed by atoms with Crippen molar-refractivity contribution >= 4 is 0 Å². The first-order chi connectivity index (χ1) is 9.33. The minimum atomic E-state index is -0.0978. The Bertz CT molecular complexity index is 595. The lowest BCUT2D eigenvalue weighted by Crippen LogP contribution is -2.42. The zero-order chi connectivity index (χ0) is 13.1. The van der Waals surface area contributed by atoms with Crippen molar-refractivity contribution in [3.8, 4) is 5.69 Å². The van der Waals surface area contributed by atoms with E-state index in [0.29, 0.717) is 0 Å². The number of H-pyrrole nitrogens is 1. The second-order valence-corrected chi connectivity index (χ2v) is 4.83. The minimum Gasteiger partial charge on any atom is -0.314 e. The van der Waals surface area contributed by atoms with Gasteiger partial charge in [-0.25, -0.2) is 4.79 Å². The van der Waals surface area contributed by atoms with E-state index < -0.39 is 0 Å². The highest BCUT2D eigenvalue weighted by Crippen LogP contribution is 2.11. The number of rotatable bonds is 3. The molecular weight excluding hydrogens is 240 g/mol. The van der Waals surface area contributed by atoms with Gasteiger partial charge in [0.05, 0.1) is 5.69 Å². The Labute approximate surface area is 111 Å². The van der Waals surface area contributed by atoms with E-state index in [1.807, 2.05) is 12.1 Å². The monoisotopic (exact) mass is 258 g/mol. The van der Waals surface area contributed by atoms with E-state index in [1.165, 1.54) is 5.56 Å². The molecule has 0 spiro atoms. The Kier molecular flexibility index (Phi) is 3.48. The molecule has 1 aliphatic rings. The van der Waals surface area contributed by atoms with Crippen LogP contribution in [0.5, 0.6) is 0 Å². The summed E-state index contributed by atoms with van der Waals surface area (Å²) < 4.78 is 1.63. The lowest BCUT2D eigenvalue weighted by atomic mass is 10.1. The highest BCUT2D eigenvalue weighted by Gasteiger charge is 2.10. The van der Waals surface area contributed by atoms with Crippen LogP contribution in [0, 0.1) is 0 Å². The van der Waals surface area contributed by atoms with Gasteiger partial charge in [0, 0.05) is 45.1 Å². The maximum Gasteiger partial charge on any atom is 0.330 e. The van der Waals surface area contributed by atoms with Crippen molar-refractivity contribution in [2.24, 2.45) is 0 Å². The van der Waals surface area contributed by atoms with Crippen LogP contribution in [0.2, 0.25) is 0 Å². The third-order valence-electron chi connectivity index (χ3n) is 3.45. The van der Waals surface area contributed by atoms with E-state index in [2.05, 4.69) is 27.3 Å². The van der Waals surface area contributed by atoms with Gasteiger partial charge in [0.1, 0.15) is 0 Å². The quantitative estimate of drug-likeness (QED) is 0.846. The Morgan fingerprint density at radius 3 is 2.79 bits per heavy atom. The van der Waals surface area contributed by atoms with Crippen LogP contribution >= 0.6 is 0 Å². The smallest absolute Gasteiger partial charge is 0.314 e. The van der Waals surface area contributed by atoms with Crippen LogP contribution in [-0.2, 0) is 6.54 Å². The summed E-state index contributed by atoms with van der Waals surface area (Å²) in [5.74, 6) is 0. The number of aromatic amines is 1. The SMILES string of the molecule is O=c1[nH]ccn1-c1cccc(CN2CCNCC2)c1. The first-order valence-corrected chi connectivity index (χ1v) is 6.61. The predicted molar refractivity (Wildman–Crippen MR) is 74.5 cm³/mol. The van der Waals surface area contributed by atoms with Gasteiger partial charge >= 0.3 is 5.69 Å². The van der Waals surface area contributed by atoms with Crippen molar-refractivity contribution in [2.45, 2.75) is 6.54 Å². The molecule has 2 aromatic rings. The molecule has 5 heteroatoms. The van der Waals surface area contributed by atoms with E-state index in [9.17, 15) is 4.79 Å². The molecule has 1 saturated heterocycles. The molecule has 0 bridgehead atoms.